The quantitative estimate of drug-likeness (QED) is 0.548. The highest BCUT2D eigenvalue weighted by molar-refractivity contribution is 7.74. The predicted molar refractivity (Wildman–Crippen MR) is 132 cm³/mol. The van der Waals surface area contributed by atoms with Gasteiger partial charge in [-0.05, 0) is 76.5 Å². The van der Waals surface area contributed by atoms with Gasteiger partial charge in [-0.3, -0.25) is 8.74 Å². The topological polar surface area (TPSA) is 98.2 Å². The summed E-state index contributed by atoms with van der Waals surface area (Å²) in [6.45, 7) is 10.6. The maximum atomic E-state index is 12.4. The number of hydrogen-bond donors (Lipinski definition) is 1. The Hall–Kier alpha value is -2.49. The highest BCUT2D eigenvalue weighted by atomic mass is 32.2. The third kappa shape index (κ3) is 6.02. The second-order valence-corrected chi connectivity index (χ2v) is 11.1. The second kappa shape index (κ2) is 10.2. The SMILES string of the molecule is Cc1ccc(C(OS(=O)O)C2Cc3cnc(OC[C@@H]4CCN4C(=O)OC(C)(C)C)c(C)c3C2)cc1. The molecule has 190 valence electrons. The van der Waals surface area contributed by atoms with Crippen molar-refractivity contribution in [3.05, 3.63) is 58.3 Å². The molecule has 1 amide bonds. The summed E-state index contributed by atoms with van der Waals surface area (Å²) < 4.78 is 38.0. The molecule has 3 unspecified atom stereocenters. The lowest BCUT2D eigenvalue weighted by atomic mass is 9.92. The van der Waals surface area contributed by atoms with Crippen LogP contribution in [-0.4, -0.2) is 49.5 Å². The number of fused-ring (bicyclic) bond motifs is 1. The Morgan fingerprint density at radius 2 is 1.94 bits per heavy atom. The smallest absolute Gasteiger partial charge is 0.410 e. The predicted octanol–water partition coefficient (Wildman–Crippen LogP) is 4.70. The average Bonchev–Trinajstić information content (AvgIpc) is 3.17. The van der Waals surface area contributed by atoms with Gasteiger partial charge in [-0.15, -0.1) is 0 Å². The van der Waals surface area contributed by atoms with Gasteiger partial charge in [-0.25, -0.2) is 9.78 Å². The first kappa shape index (κ1) is 25.6. The van der Waals surface area contributed by atoms with E-state index in [1.54, 1.807) is 4.90 Å². The summed E-state index contributed by atoms with van der Waals surface area (Å²) in [7, 11) is 0. The minimum absolute atomic E-state index is 0.00819. The molecular formula is C26H34N2O6S. The van der Waals surface area contributed by atoms with Crippen LogP contribution in [0.1, 0.15) is 61.1 Å². The summed E-state index contributed by atoms with van der Waals surface area (Å²) in [5.74, 6) is 0.563. The van der Waals surface area contributed by atoms with Crippen LogP contribution in [0.3, 0.4) is 0 Å². The molecule has 1 saturated heterocycles. The molecule has 1 N–H and O–H groups in total. The number of ether oxygens (including phenoxy) is 2. The number of aryl methyl sites for hydroxylation is 1. The molecule has 4 rings (SSSR count). The van der Waals surface area contributed by atoms with Crippen molar-refractivity contribution in [3.63, 3.8) is 0 Å². The number of pyridine rings is 1. The highest BCUT2D eigenvalue weighted by Gasteiger charge is 2.37. The molecule has 9 heteroatoms. The lowest BCUT2D eigenvalue weighted by molar-refractivity contribution is -0.0145. The number of benzene rings is 1. The van der Waals surface area contributed by atoms with Crippen LogP contribution in [0.2, 0.25) is 0 Å². The van der Waals surface area contributed by atoms with E-state index in [1.165, 1.54) is 0 Å². The van der Waals surface area contributed by atoms with E-state index in [0.717, 1.165) is 34.2 Å². The molecule has 1 aromatic heterocycles. The molecule has 2 heterocycles. The fourth-order valence-electron chi connectivity index (χ4n) is 4.72. The van der Waals surface area contributed by atoms with Crippen molar-refractivity contribution >= 4 is 17.5 Å². The zero-order chi connectivity index (χ0) is 25.3. The molecule has 2 aliphatic rings. The molecule has 1 aromatic carbocycles. The van der Waals surface area contributed by atoms with E-state index in [4.69, 9.17) is 13.7 Å². The Kier molecular flexibility index (Phi) is 7.49. The van der Waals surface area contributed by atoms with Gasteiger partial charge in [-0.2, -0.15) is 4.21 Å². The average molecular weight is 503 g/mol. The minimum Gasteiger partial charge on any atom is -0.475 e. The summed E-state index contributed by atoms with van der Waals surface area (Å²) in [4.78, 5) is 18.6. The number of rotatable bonds is 7. The molecule has 1 aliphatic carbocycles. The first-order chi connectivity index (χ1) is 16.5. The highest BCUT2D eigenvalue weighted by Crippen LogP contribution is 2.40. The van der Waals surface area contributed by atoms with Gasteiger partial charge >= 0.3 is 17.5 Å². The minimum atomic E-state index is -2.37. The lowest BCUT2D eigenvalue weighted by Crippen LogP contribution is -2.55. The molecule has 0 bridgehead atoms. The number of amides is 1. The largest absolute Gasteiger partial charge is 0.475 e. The van der Waals surface area contributed by atoms with E-state index in [9.17, 15) is 13.6 Å². The normalized spacial score (nSPS) is 21.1. The Morgan fingerprint density at radius 3 is 2.54 bits per heavy atom. The van der Waals surface area contributed by atoms with Crippen molar-refractivity contribution in [2.45, 2.75) is 71.6 Å². The molecule has 8 nitrogen and oxygen atoms in total. The number of aromatic nitrogens is 1. The molecule has 1 aliphatic heterocycles. The fraction of sp³-hybridized carbons (Fsp3) is 0.538. The number of likely N-dealkylation sites (tertiary alicyclic amines) is 1. The van der Waals surface area contributed by atoms with Gasteiger partial charge in [0, 0.05) is 18.3 Å². The van der Waals surface area contributed by atoms with Gasteiger partial charge in [0.05, 0.1) is 6.04 Å². The maximum Gasteiger partial charge on any atom is 0.410 e. The Bertz CT molecular complexity index is 1100. The van der Waals surface area contributed by atoms with Crippen LogP contribution in [0.15, 0.2) is 30.5 Å². The maximum absolute atomic E-state index is 12.4. The zero-order valence-electron chi connectivity index (χ0n) is 20.9. The third-order valence-corrected chi connectivity index (χ3v) is 7.02. The van der Waals surface area contributed by atoms with Crippen LogP contribution < -0.4 is 4.74 Å². The number of nitrogens with zero attached hydrogens (tertiary/aromatic N) is 2. The van der Waals surface area contributed by atoms with Gasteiger partial charge in [-0.1, -0.05) is 29.8 Å². The van der Waals surface area contributed by atoms with Gasteiger partial charge in [0.2, 0.25) is 5.88 Å². The molecule has 0 saturated carbocycles. The Balaban J connectivity index is 1.43. The summed E-state index contributed by atoms with van der Waals surface area (Å²) >= 11 is -2.37. The summed E-state index contributed by atoms with van der Waals surface area (Å²) in [5.41, 5.74) is 4.66. The fourth-order valence-corrected chi connectivity index (χ4v) is 5.16. The van der Waals surface area contributed by atoms with E-state index < -0.39 is 23.1 Å². The van der Waals surface area contributed by atoms with Gasteiger partial charge in [0.1, 0.15) is 18.3 Å². The molecular weight excluding hydrogens is 468 g/mol. The molecule has 1 fully saturated rings. The molecule has 0 radical (unpaired) electrons. The van der Waals surface area contributed by atoms with Crippen LogP contribution in [0.4, 0.5) is 4.79 Å². The summed E-state index contributed by atoms with van der Waals surface area (Å²) in [5, 5.41) is 0. The first-order valence-corrected chi connectivity index (χ1v) is 13.0. The zero-order valence-corrected chi connectivity index (χ0v) is 21.8. The standard InChI is InChI=1S/C26H34N2O6S/c1-16-6-8-18(9-7-16)23(34-35(30)31)19-12-20-14-27-24(17(2)22(20)13-19)32-15-21-10-11-28(21)25(29)33-26(3,4)5/h6-9,14,19,21,23H,10-13,15H2,1-5H3,(H,30,31)/t19?,21-,23?/m0/s1. The van der Waals surface area contributed by atoms with E-state index >= 15 is 0 Å². The summed E-state index contributed by atoms with van der Waals surface area (Å²) in [6, 6.07) is 7.82. The van der Waals surface area contributed by atoms with Crippen LogP contribution in [0, 0.1) is 19.8 Å². The monoisotopic (exact) mass is 502 g/mol. The van der Waals surface area contributed by atoms with E-state index in [2.05, 4.69) is 4.98 Å². The second-order valence-electron chi connectivity index (χ2n) is 10.4. The Labute approximate surface area is 209 Å². The van der Waals surface area contributed by atoms with Crippen molar-refractivity contribution in [3.8, 4) is 5.88 Å². The van der Waals surface area contributed by atoms with E-state index in [-0.39, 0.29) is 18.1 Å². The molecule has 35 heavy (non-hydrogen) atoms. The van der Waals surface area contributed by atoms with Crippen molar-refractivity contribution in [2.24, 2.45) is 5.92 Å². The van der Waals surface area contributed by atoms with Crippen molar-refractivity contribution < 1.29 is 27.2 Å². The first-order valence-electron chi connectivity index (χ1n) is 12.0. The molecule has 2 aromatic rings. The Morgan fingerprint density at radius 1 is 1.23 bits per heavy atom. The van der Waals surface area contributed by atoms with Crippen molar-refractivity contribution in [2.75, 3.05) is 13.2 Å². The summed E-state index contributed by atoms with van der Waals surface area (Å²) in [6.07, 6.45) is 3.26. The number of carbonyl (C=O) groups is 1. The van der Waals surface area contributed by atoms with Gasteiger partial charge < -0.3 is 14.4 Å². The van der Waals surface area contributed by atoms with Gasteiger partial charge in [0.25, 0.3) is 0 Å². The van der Waals surface area contributed by atoms with Gasteiger partial charge in [0.15, 0.2) is 0 Å². The van der Waals surface area contributed by atoms with Crippen LogP contribution in [0.5, 0.6) is 5.88 Å². The van der Waals surface area contributed by atoms with E-state index in [1.807, 2.05) is 65.1 Å². The van der Waals surface area contributed by atoms with Crippen LogP contribution >= 0.6 is 0 Å². The van der Waals surface area contributed by atoms with Crippen LogP contribution in [0.25, 0.3) is 0 Å². The molecule has 0 spiro atoms. The van der Waals surface area contributed by atoms with Crippen molar-refractivity contribution in [1.82, 2.24) is 9.88 Å². The molecule has 4 atom stereocenters. The number of carbonyl (C=O) groups excluding carboxylic acids is 1. The van der Waals surface area contributed by atoms with Crippen molar-refractivity contribution in [1.29, 1.82) is 0 Å². The van der Waals surface area contributed by atoms with Crippen LogP contribution in [-0.2, 0) is 33.1 Å². The lowest BCUT2D eigenvalue weighted by Gasteiger charge is -2.40. The third-order valence-electron chi connectivity index (χ3n) is 6.65. The number of hydrogen-bond acceptors (Lipinski definition) is 6. The van der Waals surface area contributed by atoms with E-state index in [0.29, 0.717) is 31.9 Å².